The second kappa shape index (κ2) is 12.0. The Balaban J connectivity index is 2.57. The first-order valence-corrected chi connectivity index (χ1v) is 9.17. The predicted molar refractivity (Wildman–Crippen MR) is 109 cm³/mol. The summed E-state index contributed by atoms with van der Waals surface area (Å²) in [4.78, 5) is 46.7. The Morgan fingerprint density at radius 3 is 2.23 bits per heavy atom. The van der Waals surface area contributed by atoms with E-state index in [-0.39, 0.29) is 19.1 Å². The third-order valence-electron chi connectivity index (χ3n) is 3.91. The van der Waals surface area contributed by atoms with Crippen LogP contribution in [-0.2, 0) is 20.9 Å². The molecular weight excluding hydrogens is 392 g/mol. The molecule has 10 nitrogen and oxygen atoms in total. The van der Waals surface area contributed by atoms with E-state index < -0.39 is 36.1 Å². The van der Waals surface area contributed by atoms with Crippen LogP contribution in [0, 0.1) is 18.3 Å². The second-order valence-electron chi connectivity index (χ2n) is 6.72. The summed E-state index contributed by atoms with van der Waals surface area (Å²) in [7, 11) is 0. The van der Waals surface area contributed by atoms with Gasteiger partial charge in [0.05, 0.1) is 6.54 Å². The zero-order chi connectivity index (χ0) is 22.7. The highest BCUT2D eigenvalue weighted by Gasteiger charge is 2.26. The van der Waals surface area contributed by atoms with Crippen molar-refractivity contribution in [1.29, 1.82) is 0 Å². The number of carbonyl (C=O) groups is 4. The summed E-state index contributed by atoms with van der Waals surface area (Å²) in [5.74, 6) is 0.898. The van der Waals surface area contributed by atoms with E-state index in [9.17, 15) is 19.2 Å². The van der Waals surface area contributed by atoms with Gasteiger partial charge in [0.2, 0.25) is 11.8 Å². The molecule has 1 rings (SSSR count). The average molecular weight is 418 g/mol. The first-order valence-electron chi connectivity index (χ1n) is 9.17. The number of carbonyl (C=O) groups excluding carboxylic acids is 3. The number of terminal acetylenes is 1. The van der Waals surface area contributed by atoms with E-state index in [1.54, 1.807) is 38.1 Å². The fraction of sp³-hybridized carbons (Fsp3) is 0.400. The molecule has 0 bridgehead atoms. The van der Waals surface area contributed by atoms with Crippen molar-refractivity contribution in [3.8, 4) is 12.3 Å². The minimum absolute atomic E-state index is 0.0320. The maximum Gasteiger partial charge on any atom is 0.408 e. The molecule has 0 saturated carbocycles. The van der Waals surface area contributed by atoms with E-state index in [1.807, 2.05) is 0 Å². The molecule has 0 radical (unpaired) electrons. The lowest BCUT2D eigenvalue weighted by atomic mass is 10.0. The van der Waals surface area contributed by atoms with Gasteiger partial charge in [0.1, 0.15) is 18.7 Å². The van der Waals surface area contributed by atoms with Crippen LogP contribution in [0.25, 0.3) is 0 Å². The fourth-order valence-electron chi connectivity index (χ4n) is 2.29. The Hall–Kier alpha value is -3.74. The predicted octanol–water partition coefficient (Wildman–Crippen LogP) is 1.28. The number of alkyl carbamates (subject to hydrolysis) is 1. The molecule has 0 aromatic heterocycles. The molecule has 0 aliphatic rings. The molecule has 0 aliphatic carbocycles. The second-order valence-corrected chi connectivity index (χ2v) is 6.72. The Morgan fingerprint density at radius 1 is 1.07 bits per heavy atom. The number of ether oxygens (including phenoxy) is 1. The first kappa shape index (κ1) is 24.3. The van der Waals surface area contributed by atoms with Crippen molar-refractivity contribution in [1.82, 2.24) is 16.0 Å². The maximum atomic E-state index is 12.3. The van der Waals surface area contributed by atoms with Crippen LogP contribution in [0.1, 0.15) is 26.3 Å². The van der Waals surface area contributed by atoms with Crippen LogP contribution in [0.15, 0.2) is 24.3 Å². The first-order chi connectivity index (χ1) is 14.1. The monoisotopic (exact) mass is 418 g/mol. The highest BCUT2D eigenvalue weighted by Crippen LogP contribution is 2.11. The molecule has 0 spiro atoms. The summed E-state index contributed by atoms with van der Waals surface area (Å²) >= 11 is 0. The lowest BCUT2D eigenvalue weighted by molar-refractivity contribution is -0.128. The van der Waals surface area contributed by atoms with Crippen LogP contribution in [0.2, 0.25) is 0 Å². The molecule has 30 heavy (non-hydrogen) atoms. The van der Waals surface area contributed by atoms with E-state index in [4.69, 9.17) is 16.3 Å². The minimum Gasteiger partial charge on any atom is -0.465 e. The lowest BCUT2D eigenvalue weighted by Crippen LogP contribution is -2.53. The molecule has 0 fully saturated rings. The van der Waals surface area contributed by atoms with Gasteiger partial charge in [0.25, 0.3) is 0 Å². The van der Waals surface area contributed by atoms with Gasteiger partial charge in [-0.05, 0) is 30.5 Å². The molecule has 10 heteroatoms. The zero-order valence-electron chi connectivity index (χ0n) is 17.0. The van der Waals surface area contributed by atoms with Gasteiger partial charge in [0.15, 0.2) is 0 Å². The van der Waals surface area contributed by atoms with Gasteiger partial charge in [-0.15, -0.1) is 6.42 Å². The highest BCUT2D eigenvalue weighted by atomic mass is 16.5. The van der Waals surface area contributed by atoms with Crippen molar-refractivity contribution < 1.29 is 29.0 Å². The van der Waals surface area contributed by atoms with E-state index in [1.165, 1.54) is 6.92 Å². The van der Waals surface area contributed by atoms with Crippen LogP contribution in [0.5, 0.6) is 0 Å². The van der Waals surface area contributed by atoms with Crippen LogP contribution >= 0.6 is 0 Å². The topological polar surface area (TPSA) is 146 Å². The van der Waals surface area contributed by atoms with Crippen molar-refractivity contribution in [2.45, 2.75) is 39.5 Å². The fourth-order valence-corrected chi connectivity index (χ4v) is 2.29. The molecule has 2 unspecified atom stereocenters. The molecule has 0 heterocycles. The molecule has 2 atom stereocenters. The van der Waals surface area contributed by atoms with Crippen LogP contribution < -0.4 is 21.3 Å². The quantitative estimate of drug-likeness (QED) is 0.382. The molecule has 1 aromatic carbocycles. The normalized spacial score (nSPS) is 12.1. The SMILES string of the molecule is C#CCNC(=O)OCc1ccc(NC(=O)C(C)NC(=O)C(NC(=O)O)C(C)C)cc1. The number of anilines is 1. The van der Waals surface area contributed by atoms with Gasteiger partial charge >= 0.3 is 12.2 Å². The number of hydrogen-bond donors (Lipinski definition) is 5. The lowest BCUT2D eigenvalue weighted by Gasteiger charge is -2.22. The van der Waals surface area contributed by atoms with E-state index in [0.717, 1.165) is 0 Å². The van der Waals surface area contributed by atoms with Crippen molar-refractivity contribution in [3.63, 3.8) is 0 Å². The third kappa shape index (κ3) is 8.52. The zero-order valence-corrected chi connectivity index (χ0v) is 17.0. The molecule has 162 valence electrons. The molecule has 1 aromatic rings. The molecule has 0 aliphatic heterocycles. The summed E-state index contributed by atoms with van der Waals surface area (Å²) in [6, 6.07) is 4.70. The van der Waals surface area contributed by atoms with Gasteiger partial charge in [-0.25, -0.2) is 9.59 Å². The minimum atomic E-state index is -1.32. The van der Waals surface area contributed by atoms with Gasteiger partial charge in [-0.2, -0.15) is 0 Å². The average Bonchev–Trinajstić information content (AvgIpc) is 2.69. The van der Waals surface area contributed by atoms with E-state index in [2.05, 4.69) is 27.2 Å². The van der Waals surface area contributed by atoms with Gasteiger partial charge in [-0.1, -0.05) is 31.9 Å². The number of nitrogens with one attached hydrogen (secondary N) is 4. The summed E-state index contributed by atoms with van der Waals surface area (Å²) in [5.41, 5.74) is 1.18. The third-order valence-corrected chi connectivity index (χ3v) is 3.91. The van der Waals surface area contributed by atoms with Crippen molar-refractivity contribution in [2.75, 3.05) is 11.9 Å². The smallest absolute Gasteiger partial charge is 0.408 e. The summed E-state index contributed by atoms with van der Waals surface area (Å²) in [6.45, 7) is 4.97. The van der Waals surface area contributed by atoms with Gasteiger partial charge in [0, 0.05) is 5.69 Å². The molecular formula is C20H26N4O6. The molecule has 5 N–H and O–H groups in total. The number of carboxylic acid groups (broad SMARTS) is 1. The van der Waals surface area contributed by atoms with Crippen LogP contribution in [-0.4, -0.2) is 47.7 Å². The Bertz CT molecular complexity index is 801. The summed E-state index contributed by atoms with van der Waals surface area (Å²) < 4.78 is 4.97. The van der Waals surface area contributed by atoms with Gasteiger partial charge < -0.3 is 31.1 Å². The Kier molecular flexibility index (Phi) is 9.69. The molecule has 4 amide bonds. The summed E-state index contributed by atoms with van der Waals surface area (Å²) in [5, 5.41) is 18.5. The van der Waals surface area contributed by atoms with Crippen molar-refractivity contribution in [2.24, 2.45) is 5.92 Å². The maximum absolute atomic E-state index is 12.3. The van der Waals surface area contributed by atoms with Gasteiger partial charge in [-0.3, -0.25) is 9.59 Å². The number of rotatable bonds is 9. The Labute approximate surface area is 174 Å². The summed E-state index contributed by atoms with van der Waals surface area (Å²) in [6.07, 6.45) is 3.08. The standard InChI is InChI=1S/C20H26N4O6/c1-5-10-21-20(29)30-11-14-6-8-15(9-7-14)23-17(25)13(4)22-18(26)16(12(2)3)24-19(27)28/h1,6-9,12-13,16,24H,10-11H2,2-4H3,(H,21,29)(H,22,26)(H,23,25)(H,27,28). The Morgan fingerprint density at radius 2 is 1.70 bits per heavy atom. The number of amides is 4. The number of benzene rings is 1. The molecule has 0 saturated heterocycles. The van der Waals surface area contributed by atoms with E-state index in [0.29, 0.717) is 11.3 Å². The largest absolute Gasteiger partial charge is 0.465 e. The van der Waals surface area contributed by atoms with Crippen molar-refractivity contribution >= 4 is 29.7 Å². The van der Waals surface area contributed by atoms with Crippen molar-refractivity contribution in [3.05, 3.63) is 29.8 Å². The van der Waals surface area contributed by atoms with Crippen LogP contribution in [0.4, 0.5) is 15.3 Å². The van der Waals surface area contributed by atoms with E-state index >= 15 is 0 Å². The number of hydrogen-bond acceptors (Lipinski definition) is 5. The van der Waals surface area contributed by atoms with Crippen LogP contribution in [0.3, 0.4) is 0 Å². The highest BCUT2D eigenvalue weighted by molar-refractivity contribution is 5.98.